The van der Waals surface area contributed by atoms with E-state index in [4.69, 9.17) is 16.3 Å². The first-order valence-electron chi connectivity index (χ1n) is 7.47. The molecule has 112 valence electrons. The Morgan fingerprint density at radius 1 is 1.55 bits per heavy atom. The third kappa shape index (κ3) is 3.98. The summed E-state index contributed by atoms with van der Waals surface area (Å²) < 4.78 is 5.55. The Hall–Kier alpha value is -1.03. The molecule has 1 aromatic rings. The predicted octanol–water partition coefficient (Wildman–Crippen LogP) is 3.87. The lowest BCUT2D eigenvalue weighted by Crippen LogP contribution is -2.44. The molecule has 1 aliphatic carbocycles. The highest BCUT2D eigenvalue weighted by Crippen LogP contribution is 2.35. The van der Waals surface area contributed by atoms with E-state index in [1.807, 2.05) is 0 Å². The van der Waals surface area contributed by atoms with E-state index < -0.39 is 0 Å². The summed E-state index contributed by atoms with van der Waals surface area (Å²) >= 11 is 6.23. The van der Waals surface area contributed by atoms with Gasteiger partial charge in [0.25, 0.3) is 0 Å². The van der Waals surface area contributed by atoms with Crippen molar-refractivity contribution in [1.82, 2.24) is 9.97 Å². The number of nitrogens with one attached hydrogen (secondary N) is 1. The molecule has 1 fully saturated rings. The number of ether oxygens (including phenoxy) is 1. The molecule has 0 spiro atoms. The van der Waals surface area contributed by atoms with Gasteiger partial charge in [0.05, 0.1) is 12.1 Å². The van der Waals surface area contributed by atoms with Gasteiger partial charge in [0.1, 0.15) is 0 Å². The maximum Gasteiger partial charge on any atom is 0.226 e. The predicted molar refractivity (Wildman–Crippen MR) is 82.5 cm³/mol. The van der Waals surface area contributed by atoms with Gasteiger partial charge >= 0.3 is 0 Å². The minimum atomic E-state index is -0.0808. The van der Waals surface area contributed by atoms with Crippen molar-refractivity contribution >= 4 is 17.5 Å². The maximum absolute atomic E-state index is 6.23. The third-order valence-corrected chi connectivity index (χ3v) is 4.32. The van der Waals surface area contributed by atoms with Gasteiger partial charge in [-0.1, -0.05) is 26.7 Å². The lowest BCUT2D eigenvalue weighted by molar-refractivity contribution is 0.277. The van der Waals surface area contributed by atoms with Crippen LogP contribution < -0.4 is 10.1 Å². The van der Waals surface area contributed by atoms with Gasteiger partial charge in [-0.25, -0.2) is 4.98 Å². The molecule has 2 atom stereocenters. The molecule has 20 heavy (non-hydrogen) atoms. The van der Waals surface area contributed by atoms with Crippen LogP contribution in [0.25, 0.3) is 0 Å². The number of anilines is 1. The van der Waals surface area contributed by atoms with Crippen LogP contribution in [0, 0.1) is 5.92 Å². The molecule has 1 heterocycles. The maximum atomic E-state index is 6.23. The molecule has 0 bridgehead atoms. The van der Waals surface area contributed by atoms with E-state index in [0.29, 0.717) is 30.2 Å². The molecule has 2 unspecified atom stereocenters. The molecule has 1 aromatic heterocycles. The fraction of sp³-hybridized carbons (Fsp3) is 0.733. The molecule has 0 aliphatic heterocycles. The van der Waals surface area contributed by atoms with Crippen LogP contribution in [0.15, 0.2) is 12.3 Å². The van der Waals surface area contributed by atoms with Crippen LogP contribution in [-0.2, 0) is 0 Å². The second-order valence-electron chi connectivity index (χ2n) is 5.81. The fourth-order valence-corrected chi connectivity index (χ4v) is 3.16. The van der Waals surface area contributed by atoms with Crippen molar-refractivity contribution in [3.63, 3.8) is 0 Å². The van der Waals surface area contributed by atoms with Gasteiger partial charge in [0, 0.05) is 18.1 Å². The first-order chi connectivity index (χ1) is 9.67. The molecule has 2 rings (SSSR count). The molecule has 0 amide bonds. The highest BCUT2D eigenvalue weighted by atomic mass is 35.5. The molecule has 0 radical (unpaired) electrons. The van der Waals surface area contributed by atoms with Crippen LogP contribution in [0.4, 0.5) is 5.95 Å². The van der Waals surface area contributed by atoms with Crippen molar-refractivity contribution in [1.29, 1.82) is 0 Å². The number of hydrogen-bond acceptors (Lipinski definition) is 4. The van der Waals surface area contributed by atoms with Crippen molar-refractivity contribution < 1.29 is 4.74 Å². The van der Waals surface area contributed by atoms with Crippen LogP contribution in [0.1, 0.15) is 46.0 Å². The average Bonchev–Trinajstić information content (AvgIpc) is 2.45. The number of rotatable bonds is 6. The van der Waals surface area contributed by atoms with E-state index >= 15 is 0 Å². The summed E-state index contributed by atoms with van der Waals surface area (Å²) in [4.78, 5) is 8.72. The normalized spacial score (nSPS) is 26.2. The number of halogens is 1. The number of aromatic nitrogens is 2. The van der Waals surface area contributed by atoms with Gasteiger partial charge in [-0.15, -0.1) is 11.6 Å². The molecule has 1 aliphatic rings. The van der Waals surface area contributed by atoms with E-state index in [0.717, 1.165) is 19.3 Å². The van der Waals surface area contributed by atoms with Crippen molar-refractivity contribution in [2.24, 2.45) is 5.92 Å². The number of alkyl halides is 1. The second kappa shape index (κ2) is 7.11. The van der Waals surface area contributed by atoms with Gasteiger partial charge in [-0.05, 0) is 25.2 Å². The Balaban J connectivity index is 2.07. The minimum Gasteiger partial charge on any atom is -0.478 e. The SMILES string of the molecule is CCCOc1ccnc(NC2(CCl)CCCC(C)C2)n1. The first-order valence-corrected chi connectivity index (χ1v) is 8.01. The lowest BCUT2D eigenvalue weighted by Gasteiger charge is -2.39. The van der Waals surface area contributed by atoms with Crippen LogP contribution >= 0.6 is 11.6 Å². The van der Waals surface area contributed by atoms with Crippen molar-refractivity contribution in [2.45, 2.75) is 51.5 Å². The van der Waals surface area contributed by atoms with Crippen molar-refractivity contribution in [3.05, 3.63) is 12.3 Å². The topological polar surface area (TPSA) is 47.0 Å². The number of hydrogen-bond donors (Lipinski definition) is 1. The minimum absolute atomic E-state index is 0.0808. The zero-order valence-corrected chi connectivity index (χ0v) is 13.1. The van der Waals surface area contributed by atoms with E-state index in [2.05, 4.69) is 29.1 Å². The summed E-state index contributed by atoms with van der Waals surface area (Å²) in [5, 5.41) is 3.46. The molecule has 0 aromatic carbocycles. The highest BCUT2D eigenvalue weighted by Gasteiger charge is 2.34. The average molecular weight is 298 g/mol. The van der Waals surface area contributed by atoms with Gasteiger partial charge in [0.15, 0.2) is 0 Å². The summed E-state index contributed by atoms with van der Waals surface area (Å²) in [5.74, 6) is 2.52. The monoisotopic (exact) mass is 297 g/mol. The Kier molecular flexibility index (Phi) is 5.46. The molecule has 5 heteroatoms. The van der Waals surface area contributed by atoms with Crippen LogP contribution in [0.3, 0.4) is 0 Å². The summed E-state index contributed by atoms with van der Waals surface area (Å²) in [6.45, 7) is 5.03. The third-order valence-electron chi connectivity index (χ3n) is 3.81. The van der Waals surface area contributed by atoms with Crippen LogP contribution in [-0.4, -0.2) is 28.0 Å². The molecule has 0 saturated heterocycles. The van der Waals surface area contributed by atoms with Gasteiger partial charge in [0.2, 0.25) is 11.8 Å². The summed E-state index contributed by atoms with van der Waals surface area (Å²) in [6, 6.07) is 1.79. The Morgan fingerprint density at radius 3 is 3.10 bits per heavy atom. The smallest absolute Gasteiger partial charge is 0.226 e. The summed E-state index contributed by atoms with van der Waals surface area (Å²) in [6.07, 6.45) is 7.32. The van der Waals surface area contributed by atoms with Crippen LogP contribution in [0.2, 0.25) is 0 Å². The molecule has 1 saturated carbocycles. The summed E-state index contributed by atoms with van der Waals surface area (Å²) in [5.41, 5.74) is -0.0808. The fourth-order valence-electron chi connectivity index (χ4n) is 2.85. The molecular weight excluding hydrogens is 274 g/mol. The highest BCUT2D eigenvalue weighted by molar-refractivity contribution is 6.18. The van der Waals surface area contributed by atoms with E-state index in [9.17, 15) is 0 Å². The van der Waals surface area contributed by atoms with E-state index in [1.165, 1.54) is 12.8 Å². The second-order valence-corrected chi connectivity index (χ2v) is 6.07. The Morgan fingerprint density at radius 2 is 2.40 bits per heavy atom. The van der Waals surface area contributed by atoms with Gasteiger partial charge < -0.3 is 10.1 Å². The first kappa shape index (κ1) is 15.4. The molecular formula is C15H24ClN3O. The standard InChI is InChI=1S/C15H24ClN3O/c1-3-9-20-13-6-8-17-14(18-13)19-15(11-16)7-4-5-12(2)10-15/h6,8,12H,3-5,7,9-11H2,1-2H3,(H,17,18,19). The largest absolute Gasteiger partial charge is 0.478 e. The van der Waals surface area contributed by atoms with Gasteiger partial charge in [-0.2, -0.15) is 4.98 Å². The summed E-state index contributed by atoms with van der Waals surface area (Å²) in [7, 11) is 0. The molecule has 1 N–H and O–H groups in total. The quantitative estimate of drug-likeness (QED) is 0.810. The van der Waals surface area contributed by atoms with Crippen molar-refractivity contribution in [2.75, 3.05) is 17.8 Å². The van der Waals surface area contributed by atoms with Gasteiger partial charge in [-0.3, -0.25) is 0 Å². The zero-order valence-electron chi connectivity index (χ0n) is 12.4. The Labute approximate surface area is 126 Å². The lowest BCUT2D eigenvalue weighted by atomic mass is 9.77. The Bertz CT molecular complexity index is 429. The van der Waals surface area contributed by atoms with Crippen LogP contribution in [0.5, 0.6) is 5.88 Å². The molecule has 4 nitrogen and oxygen atoms in total. The van der Waals surface area contributed by atoms with E-state index in [1.54, 1.807) is 12.3 Å². The number of nitrogens with zero attached hydrogens (tertiary/aromatic N) is 2. The van der Waals surface area contributed by atoms with Crippen molar-refractivity contribution in [3.8, 4) is 5.88 Å². The van der Waals surface area contributed by atoms with E-state index in [-0.39, 0.29) is 5.54 Å². The zero-order chi connectivity index (χ0) is 14.4.